The van der Waals surface area contributed by atoms with Crippen LogP contribution in [-0.4, -0.2) is 42.9 Å². The van der Waals surface area contributed by atoms with Crippen LogP contribution in [-0.2, 0) is 14.3 Å². The molecule has 7 nitrogen and oxygen atoms in total. The number of nitrogens with zero attached hydrogens (tertiary/aromatic N) is 1. The summed E-state index contributed by atoms with van der Waals surface area (Å²) in [5, 5.41) is 9.91. The Bertz CT molecular complexity index is 1270. The van der Waals surface area contributed by atoms with E-state index in [0.29, 0.717) is 35.6 Å². The molecule has 5 rings (SSSR count). The van der Waals surface area contributed by atoms with Crippen molar-refractivity contribution in [2.24, 2.45) is 10.9 Å². The van der Waals surface area contributed by atoms with E-state index in [0.717, 1.165) is 42.5 Å². The van der Waals surface area contributed by atoms with Crippen LogP contribution in [0.5, 0.6) is 17.2 Å². The van der Waals surface area contributed by atoms with Gasteiger partial charge in [0, 0.05) is 29.3 Å². The molecular formula is C31H35NO6. The second-order valence-corrected chi connectivity index (χ2v) is 10.5. The van der Waals surface area contributed by atoms with Crippen LogP contribution in [0.15, 0.2) is 58.7 Å². The first-order chi connectivity index (χ1) is 18.4. The minimum Gasteiger partial charge on any atom is -0.508 e. The number of phenols is 1. The van der Waals surface area contributed by atoms with Crippen molar-refractivity contribution in [3.63, 3.8) is 0 Å². The maximum atomic E-state index is 13.8. The number of benzene rings is 2. The predicted molar refractivity (Wildman–Crippen MR) is 144 cm³/mol. The molecule has 0 saturated heterocycles. The lowest BCUT2D eigenvalue weighted by atomic mass is 9.69. The van der Waals surface area contributed by atoms with Crippen LogP contribution < -0.4 is 9.47 Å². The van der Waals surface area contributed by atoms with Gasteiger partial charge in [-0.1, -0.05) is 24.6 Å². The molecule has 1 saturated carbocycles. The summed E-state index contributed by atoms with van der Waals surface area (Å²) in [5.41, 5.74) is 3.74. The second kappa shape index (κ2) is 11.0. The first kappa shape index (κ1) is 26.0. The molecule has 0 amide bonds. The first-order valence-electron chi connectivity index (χ1n) is 13.4. The third-order valence-electron chi connectivity index (χ3n) is 8.11. The molecule has 1 unspecified atom stereocenters. The third kappa shape index (κ3) is 5.06. The summed E-state index contributed by atoms with van der Waals surface area (Å²) in [6, 6.07) is 12.5. The molecule has 7 heteroatoms. The summed E-state index contributed by atoms with van der Waals surface area (Å²) in [7, 11) is 3.19. The quantitative estimate of drug-likeness (QED) is 0.482. The molecule has 3 aliphatic rings. The number of allylic oxidation sites excluding steroid dienone is 2. The zero-order chi connectivity index (χ0) is 26.8. The highest BCUT2D eigenvalue weighted by atomic mass is 16.5. The van der Waals surface area contributed by atoms with Crippen LogP contribution in [0.25, 0.3) is 0 Å². The Hall–Kier alpha value is -3.61. The number of aromatic hydroxyl groups is 1. The number of carbonyl (C=O) groups is 2. The van der Waals surface area contributed by atoms with Crippen LogP contribution in [0.1, 0.15) is 74.8 Å². The number of carbonyl (C=O) groups excluding carboxylic acids is 2. The Morgan fingerprint density at radius 2 is 1.61 bits per heavy atom. The molecule has 0 aromatic heterocycles. The Labute approximate surface area is 223 Å². The molecular weight excluding hydrogens is 482 g/mol. The summed E-state index contributed by atoms with van der Waals surface area (Å²) >= 11 is 0. The number of hydrogen-bond acceptors (Lipinski definition) is 7. The zero-order valence-electron chi connectivity index (χ0n) is 22.2. The van der Waals surface area contributed by atoms with Gasteiger partial charge in [0.1, 0.15) is 17.8 Å². The average molecular weight is 518 g/mol. The molecule has 0 spiro atoms. The number of phenolic OH excluding ortho intramolecular Hbond substituents is 1. The fraction of sp³-hybridized carbons (Fsp3) is 0.452. The van der Waals surface area contributed by atoms with Crippen LogP contribution in [0, 0.1) is 5.92 Å². The van der Waals surface area contributed by atoms with Crippen molar-refractivity contribution in [1.29, 1.82) is 0 Å². The highest BCUT2D eigenvalue weighted by Crippen LogP contribution is 2.48. The number of methoxy groups -OCH3 is 2. The SMILES string of the molecule is COc1ccc([C@H]2CC(=O)C3=C(C2)N=C(C)C(C(=O)OC2CCCCC2)[C@H]3c2ccc(O)cc2)cc1OC. The van der Waals surface area contributed by atoms with E-state index in [2.05, 4.69) is 0 Å². The normalized spacial score (nSPS) is 23.9. The summed E-state index contributed by atoms with van der Waals surface area (Å²) in [4.78, 5) is 32.3. The highest BCUT2D eigenvalue weighted by Gasteiger charge is 2.45. The van der Waals surface area contributed by atoms with Gasteiger partial charge in [-0.3, -0.25) is 14.6 Å². The monoisotopic (exact) mass is 517 g/mol. The summed E-state index contributed by atoms with van der Waals surface area (Å²) in [5.74, 6) is -0.198. The lowest BCUT2D eigenvalue weighted by Gasteiger charge is -2.37. The number of Topliss-reactive ketones (excluding diaryl/α,β-unsaturated/α-hetero) is 1. The molecule has 1 fully saturated rings. The van der Waals surface area contributed by atoms with E-state index >= 15 is 0 Å². The fourth-order valence-electron chi connectivity index (χ4n) is 6.17. The number of ketones is 1. The van der Waals surface area contributed by atoms with Crippen molar-refractivity contribution in [2.75, 3.05) is 14.2 Å². The first-order valence-corrected chi connectivity index (χ1v) is 13.4. The van der Waals surface area contributed by atoms with Gasteiger partial charge >= 0.3 is 5.97 Å². The van der Waals surface area contributed by atoms with Gasteiger partial charge in [-0.2, -0.15) is 0 Å². The molecule has 1 aliphatic heterocycles. The number of esters is 1. The molecule has 200 valence electrons. The molecule has 0 bridgehead atoms. The molecule has 2 aromatic rings. The molecule has 2 aromatic carbocycles. The van der Waals surface area contributed by atoms with Gasteiger partial charge in [0.15, 0.2) is 17.3 Å². The van der Waals surface area contributed by atoms with E-state index in [1.807, 2.05) is 25.1 Å². The zero-order valence-corrected chi connectivity index (χ0v) is 22.2. The Kier molecular flexibility index (Phi) is 7.54. The van der Waals surface area contributed by atoms with Crippen molar-refractivity contribution in [3.05, 3.63) is 64.9 Å². The number of hydrogen-bond donors (Lipinski definition) is 1. The maximum absolute atomic E-state index is 13.8. The summed E-state index contributed by atoms with van der Waals surface area (Å²) in [6.45, 7) is 1.86. The second-order valence-electron chi connectivity index (χ2n) is 10.5. The molecule has 38 heavy (non-hydrogen) atoms. The van der Waals surface area contributed by atoms with E-state index in [-0.39, 0.29) is 29.5 Å². The topological polar surface area (TPSA) is 94.4 Å². The van der Waals surface area contributed by atoms with E-state index in [1.54, 1.807) is 38.5 Å². The van der Waals surface area contributed by atoms with Crippen LogP contribution in [0.4, 0.5) is 0 Å². The van der Waals surface area contributed by atoms with Gasteiger partial charge in [0.05, 0.1) is 14.2 Å². The van der Waals surface area contributed by atoms with Gasteiger partial charge in [-0.05, 0) is 80.3 Å². The van der Waals surface area contributed by atoms with Crippen molar-refractivity contribution < 1.29 is 28.9 Å². The van der Waals surface area contributed by atoms with Gasteiger partial charge in [0.2, 0.25) is 0 Å². The number of aliphatic imine (C=N–C) groups is 1. The van der Waals surface area contributed by atoms with Crippen LogP contribution in [0.3, 0.4) is 0 Å². The van der Waals surface area contributed by atoms with Crippen molar-refractivity contribution in [2.45, 2.75) is 69.8 Å². The van der Waals surface area contributed by atoms with Gasteiger partial charge in [0.25, 0.3) is 0 Å². The maximum Gasteiger partial charge on any atom is 0.315 e. The smallest absolute Gasteiger partial charge is 0.315 e. The van der Waals surface area contributed by atoms with Crippen molar-refractivity contribution in [1.82, 2.24) is 0 Å². The fourth-order valence-corrected chi connectivity index (χ4v) is 6.17. The Morgan fingerprint density at radius 3 is 2.29 bits per heavy atom. The molecule has 1 heterocycles. The molecule has 2 aliphatic carbocycles. The lowest BCUT2D eigenvalue weighted by Crippen LogP contribution is -2.39. The van der Waals surface area contributed by atoms with E-state index in [9.17, 15) is 14.7 Å². The lowest BCUT2D eigenvalue weighted by molar-refractivity contribution is -0.153. The van der Waals surface area contributed by atoms with Gasteiger partial charge in [-0.15, -0.1) is 0 Å². The van der Waals surface area contributed by atoms with E-state index in [4.69, 9.17) is 19.2 Å². The largest absolute Gasteiger partial charge is 0.508 e. The Balaban J connectivity index is 1.51. The van der Waals surface area contributed by atoms with Gasteiger partial charge < -0.3 is 19.3 Å². The highest BCUT2D eigenvalue weighted by molar-refractivity contribution is 6.09. The average Bonchev–Trinajstić information content (AvgIpc) is 2.92. The minimum absolute atomic E-state index is 0.0178. The van der Waals surface area contributed by atoms with Crippen LogP contribution >= 0.6 is 0 Å². The molecule has 1 N–H and O–H groups in total. The third-order valence-corrected chi connectivity index (χ3v) is 8.11. The summed E-state index contributed by atoms with van der Waals surface area (Å²) < 4.78 is 16.9. The minimum atomic E-state index is -0.679. The van der Waals surface area contributed by atoms with Crippen molar-refractivity contribution in [3.8, 4) is 17.2 Å². The van der Waals surface area contributed by atoms with Crippen LogP contribution in [0.2, 0.25) is 0 Å². The predicted octanol–water partition coefficient (Wildman–Crippen LogP) is 5.86. The summed E-state index contributed by atoms with van der Waals surface area (Å²) in [6.07, 6.45) is 5.83. The standard InChI is InChI=1S/C31H35NO6/c1-18-28(31(35)38-23-7-5-4-6-8-23)29(19-9-12-22(33)13-10-19)30-24(32-18)15-21(16-25(30)34)20-11-14-26(36-2)27(17-20)37-3/h9-14,17,21,23,28-29,33H,4-8,15-16H2,1-3H3/t21-,28?,29-/m1/s1. The van der Waals surface area contributed by atoms with E-state index in [1.165, 1.54) is 6.42 Å². The number of rotatable bonds is 6. The number of ether oxygens (including phenoxy) is 3. The van der Waals surface area contributed by atoms with E-state index < -0.39 is 11.8 Å². The van der Waals surface area contributed by atoms with Crippen molar-refractivity contribution >= 4 is 17.5 Å². The molecule has 0 radical (unpaired) electrons. The Morgan fingerprint density at radius 1 is 0.921 bits per heavy atom. The molecule has 3 atom stereocenters. The van der Waals surface area contributed by atoms with Gasteiger partial charge in [-0.25, -0.2) is 0 Å².